The fourth-order valence-electron chi connectivity index (χ4n) is 0.211. The summed E-state index contributed by atoms with van der Waals surface area (Å²) < 4.78 is 0. The Kier molecular flexibility index (Phi) is 2.84. The van der Waals surface area contributed by atoms with Crippen molar-refractivity contribution in [1.82, 2.24) is 4.90 Å². The van der Waals surface area contributed by atoms with E-state index in [-0.39, 0.29) is 0 Å². The Bertz CT molecular complexity index is 41.4. The summed E-state index contributed by atoms with van der Waals surface area (Å²) in [6, 6.07) is 0.500. The van der Waals surface area contributed by atoms with Gasteiger partial charge in [0.05, 0.1) is 0 Å². The lowest BCUT2D eigenvalue weighted by molar-refractivity contribution is 0.351. The van der Waals surface area contributed by atoms with Crippen molar-refractivity contribution >= 4 is 0 Å². The van der Waals surface area contributed by atoms with Crippen molar-refractivity contribution in [2.45, 2.75) is 13.0 Å². The van der Waals surface area contributed by atoms with Crippen LogP contribution in [0.1, 0.15) is 6.92 Å². The van der Waals surface area contributed by atoms with Crippen LogP contribution in [0.25, 0.3) is 0 Å². The zero-order valence-corrected chi connectivity index (χ0v) is 5.31. The molecule has 0 rings (SSSR count). The van der Waals surface area contributed by atoms with Crippen molar-refractivity contribution in [2.75, 3.05) is 14.1 Å². The van der Waals surface area contributed by atoms with Gasteiger partial charge in [-0.05, 0) is 21.0 Å². The fourth-order valence-corrected chi connectivity index (χ4v) is 0.211. The average Bonchev–Trinajstić information content (AvgIpc) is 1.65. The van der Waals surface area contributed by atoms with Gasteiger partial charge in [0.2, 0.25) is 0 Å². The molecule has 0 aromatic heterocycles. The Hall–Kier alpha value is -0.170. The maximum atomic E-state index is 3.64. The molecule has 0 aromatic carbocycles. The van der Waals surface area contributed by atoms with E-state index in [1.54, 1.807) is 0 Å². The van der Waals surface area contributed by atoms with Crippen molar-refractivity contribution in [3.05, 3.63) is 13.3 Å². The third-order valence-corrected chi connectivity index (χ3v) is 1.16. The molecule has 0 aliphatic rings. The molecule has 0 spiro atoms. The van der Waals surface area contributed by atoms with E-state index < -0.39 is 0 Å². The highest BCUT2D eigenvalue weighted by Gasteiger charge is 2.01. The van der Waals surface area contributed by atoms with E-state index in [4.69, 9.17) is 0 Å². The predicted molar refractivity (Wildman–Crippen MR) is 32.8 cm³/mol. The van der Waals surface area contributed by atoms with Gasteiger partial charge in [0.1, 0.15) is 6.04 Å². The number of rotatable bonds is 2. The predicted octanol–water partition coefficient (Wildman–Crippen LogP) is 0.975. The van der Waals surface area contributed by atoms with Gasteiger partial charge in [-0.15, -0.1) is 6.92 Å². The zero-order chi connectivity index (χ0) is 5.86. The van der Waals surface area contributed by atoms with Crippen molar-refractivity contribution in [2.24, 2.45) is 0 Å². The lowest BCUT2D eigenvalue weighted by Crippen LogP contribution is -2.23. The monoisotopic (exact) mass is 99.1 g/mol. The van der Waals surface area contributed by atoms with Crippen LogP contribution in [0.15, 0.2) is 0 Å². The van der Waals surface area contributed by atoms with Gasteiger partial charge in [0.15, 0.2) is 0 Å². The molecule has 0 N–H and O–H groups in total. The Morgan fingerprint density at radius 2 is 2.00 bits per heavy atom. The van der Waals surface area contributed by atoms with Crippen LogP contribution in [0.4, 0.5) is 0 Å². The van der Waals surface area contributed by atoms with Crippen LogP contribution in [-0.2, 0) is 0 Å². The largest absolute Gasteiger partial charge is 0.272 e. The topological polar surface area (TPSA) is 3.24 Å². The minimum Gasteiger partial charge on any atom is -0.272 e. The first-order chi connectivity index (χ1) is 3.18. The normalized spacial score (nSPS) is 14.4. The first kappa shape index (κ1) is 6.83. The quantitative estimate of drug-likeness (QED) is 0.466. The van der Waals surface area contributed by atoms with Crippen LogP contribution in [0.3, 0.4) is 0 Å². The molecule has 1 heteroatoms. The molecule has 1 atom stereocenters. The van der Waals surface area contributed by atoms with Crippen LogP contribution in [0.2, 0.25) is 0 Å². The van der Waals surface area contributed by atoms with Gasteiger partial charge in [-0.1, -0.05) is 6.42 Å². The Morgan fingerprint density at radius 3 is 2.00 bits per heavy atom. The lowest BCUT2D eigenvalue weighted by atomic mass is 10.2. The molecule has 0 bridgehead atoms. The average molecular weight is 99.2 g/mol. The van der Waals surface area contributed by atoms with Crippen molar-refractivity contribution in [3.63, 3.8) is 0 Å². The molecule has 0 heterocycles. The van der Waals surface area contributed by atoms with Gasteiger partial charge >= 0.3 is 0 Å². The summed E-state index contributed by atoms with van der Waals surface area (Å²) in [7, 11) is 4.07. The Labute approximate surface area is 46.3 Å². The van der Waals surface area contributed by atoms with E-state index in [1.165, 1.54) is 0 Å². The molecule has 42 valence electrons. The second kappa shape index (κ2) is 2.92. The summed E-state index contributed by atoms with van der Waals surface area (Å²) >= 11 is 0. The second-order valence-corrected chi connectivity index (χ2v) is 1.94. The molecule has 0 aliphatic heterocycles. The maximum absolute atomic E-state index is 3.64. The highest BCUT2D eigenvalue weighted by Crippen LogP contribution is 1.92. The minimum atomic E-state index is 0.500. The summed E-state index contributed by atoms with van der Waals surface area (Å²) in [5.74, 6) is 0. The van der Waals surface area contributed by atoms with E-state index >= 15 is 0 Å². The molecule has 0 saturated carbocycles. The molecule has 1 unspecified atom stereocenters. The second-order valence-electron chi connectivity index (χ2n) is 1.94. The minimum absolute atomic E-state index is 0.500. The molecule has 0 aromatic rings. The molecular weight excluding hydrogens is 86.1 g/mol. The standard InChI is InChI=1S/C6H13N/c1-5-6(2)7(3)4/h5-6H,1H2,2-4H3. The Morgan fingerprint density at radius 1 is 1.57 bits per heavy atom. The van der Waals surface area contributed by atoms with Crippen molar-refractivity contribution in [3.8, 4) is 0 Å². The Balaban J connectivity index is 3.14. The molecule has 0 aliphatic carbocycles. The van der Waals surface area contributed by atoms with E-state index in [1.807, 2.05) is 20.5 Å². The van der Waals surface area contributed by atoms with Gasteiger partial charge in [0.25, 0.3) is 0 Å². The lowest BCUT2D eigenvalue weighted by Gasteiger charge is -2.12. The molecule has 7 heavy (non-hydrogen) atoms. The molecule has 0 amide bonds. The fraction of sp³-hybridized carbons (Fsp3) is 0.667. The van der Waals surface area contributed by atoms with Crippen LogP contribution in [-0.4, -0.2) is 25.0 Å². The molecule has 0 saturated heterocycles. The first-order valence-electron chi connectivity index (χ1n) is 2.47. The first-order valence-corrected chi connectivity index (χ1v) is 2.47. The number of hydrogen-bond donors (Lipinski definition) is 0. The van der Waals surface area contributed by atoms with E-state index in [9.17, 15) is 0 Å². The maximum Gasteiger partial charge on any atom is 0.117 e. The van der Waals surface area contributed by atoms with Gasteiger partial charge in [-0.25, -0.2) is 0 Å². The molecular formula is C6H13N. The SMILES string of the molecule is [CH2-][CH+]C(C)N(C)C. The number of hydrogen-bond acceptors (Lipinski definition) is 1. The summed E-state index contributed by atoms with van der Waals surface area (Å²) in [5, 5.41) is 0. The highest BCUT2D eigenvalue weighted by molar-refractivity contribution is 4.79. The van der Waals surface area contributed by atoms with Gasteiger partial charge in [-0.2, -0.15) is 0 Å². The van der Waals surface area contributed by atoms with Crippen LogP contribution >= 0.6 is 0 Å². The summed E-state index contributed by atoms with van der Waals surface area (Å²) in [6.07, 6.45) is 1.92. The summed E-state index contributed by atoms with van der Waals surface area (Å²) in [5.41, 5.74) is 0. The summed E-state index contributed by atoms with van der Waals surface area (Å²) in [4.78, 5) is 2.10. The highest BCUT2D eigenvalue weighted by atomic mass is 15.1. The van der Waals surface area contributed by atoms with E-state index in [2.05, 4.69) is 18.7 Å². The molecule has 0 fully saturated rings. The van der Waals surface area contributed by atoms with Crippen molar-refractivity contribution < 1.29 is 0 Å². The van der Waals surface area contributed by atoms with E-state index in [0.717, 1.165) is 0 Å². The zero-order valence-electron chi connectivity index (χ0n) is 5.31. The third-order valence-electron chi connectivity index (χ3n) is 1.16. The molecule has 1 nitrogen and oxygen atoms in total. The van der Waals surface area contributed by atoms with Gasteiger partial charge in [-0.3, -0.25) is 4.90 Å². The summed E-state index contributed by atoms with van der Waals surface area (Å²) in [6.45, 7) is 5.74. The smallest absolute Gasteiger partial charge is 0.117 e. The third kappa shape index (κ3) is 2.52. The van der Waals surface area contributed by atoms with Crippen molar-refractivity contribution in [1.29, 1.82) is 0 Å². The van der Waals surface area contributed by atoms with Gasteiger partial charge in [0, 0.05) is 0 Å². The van der Waals surface area contributed by atoms with Gasteiger partial charge < -0.3 is 0 Å². The van der Waals surface area contributed by atoms with Crippen LogP contribution in [0.5, 0.6) is 0 Å². The van der Waals surface area contributed by atoms with Crippen LogP contribution in [0, 0.1) is 13.3 Å². The number of nitrogens with zero attached hydrogens (tertiary/aromatic N) is 1. The molecule has 0 radical (unpaired) electrons. The van der Waals surface area contributed by atoms with Crippen LogP contribution < -0.4 is 0 Å². The van der Waals surface area contributed by atoms with E-state index in [0.29, 0.717) is 6.04 Å².